The van der Waals surface area contributed by atoms with Crippen LogP contribution in [0.15, 0.2) is 232 Å². The molecule has 0 amide bonds. The van der Waals surface area contributed by atoms with Gasteiger partial charge in [-0.2, -0.15) is 5.26 Å². The van der Waals surface area contributed by atoms with Crippen LogP contribution in [0.2, 0.25) is 0 Å². The lowest BCUT2D eigenvalue weighted by Gasteiger charge is -2.28. The number of rotatable bonds is 7. The van der Waals surface area contributed by atoms with Gasteiger partial charge in [-0.25, -0.2) is 15.0 Å². The van der Waals surface area contributed by atoms with Crippen molar-refractivity contribution in [3.05, 3.63) is 237 Å². The van der Waals surface area contributed by atoms with E-state index in [2.05, 4.69) is 121 Å². The lowest BCUT2D eigenvalue weighted by atomic mass is 9.97. The Morgan fingerprint density at radius 2 is 0.590 bits per heavy atom. The molecule has 0 fully saturated rings. The summed E-state index contributed by atoms with van der Waals surface area (Å²) in [5.74, 6) is 1.29. The second kappa shape index (κ2) is 16.9. The topological polar surface area (TPSA) is 134 Å². The van der Waals surface area contributed by atoms with E-state index < -0.39 is 0 Å². The third-order valence-corrected chi connectivity index (χ3v) is 15.2. The number of fused-ring (bicyclic) bond motifs is 12. The largest absolute Gasteiger partial charge is 0.307 e. The summed E-state index contributed by atoms with van der Waals surface area (Å²) in [6, 6.07) is 64.8. The third-order valence-electron chi connectivity index (χ3n) is 15.2. The molecule has 0 spiro atoms. The smallest absolute Gasteiger partial charge is 0.168 e. The van der Waals surface area contributed by atoms with Crippen molar-refractivity contribution in [3.8, 4) is 63.0 Å². The first kappa shape index (κ1) is 43.3. The average molecular weight is 999 g/mol. The molecular weight excluding hydrogens is 961 g/mol. The fourth-order valence-corrected chi connectivity index (χ4v) is 12.0. The minimum absolute atomic E-state index is 0.353. The van der Waals surface area contributed by atoms with Crippen molar-refractivity contribution in [1.82, 2.24) is 53.2 Å². The highest BCUT2D eigenvalue weighted by atomic mass is 15.1. The maximum atomic E-state index is 12.8. The summed E-state index contributed by atoms with van der Waals surface area (Å²) in [7, 11) is 0. The summed E-state index contributed by atoms with van der Waals surface area (Å²) in [6.07, 6.45) is 15.0. The molecule has 16 rings (SSSR count). The summed E-state index contributed by atoms with van der Waals surface area (Å²) in [5, 5.41) is 20.5. The molecule has 0 aliphatic heterocycles. The molecule has 0 aliphatic rings. The number of aromatic nitrogens is 11. The van der Waals surface area contributed by atoms with Crippen LogP contribution in [0.4, 0.5) is 0 Å². The maximum absolute atomic E-state index is 12.8. The molecule has 0 N–H and O–H groups in total. The van der Waals surface area contributed by atoms with Crippen LogP contribution in [0.3, 0.4) is 0 Å². The maximum Gasteiger partial charge on any atom is 0.168 e. The summed E-state index contributed by atoms with van der Waals surface area (Å²) in [4.78, 5) is 35.5. The first-order valence-electron chi connectivity index (χ1n) is 25.6. The fourth-order valence-electron chi connectivity index (χ4n) is 12.0. The zero-order chi connectivity index (χ0) is 51.4. The Kier molecular flexibility index (Phi) is 9.39. The van der Waals surface area contributed by atoms with Crippen LogP contribution >= 0.6 is 0 Å². The number of nitriles is 1. The van der Waals surface area contributed by atoms with E-state index in [1.165, 1.54) is 0 Å². The van der Waals surface area contributed by atoms with E-state index >= 15 is 0 Å². The number of hydrogen-bond acceptors (Lipinski definition) is 8. The zero-order valence-corrected chi connectivity index (χ0v) is 41.3. The number of para-hydroxylation sites is 4. The number of hydrogen-bond donors (Lipinski definition) is 0. The van der Waals surface area contributed by atoms with Gasteiger partial charge in [0.1, 0.15) is 11.6 Å². The molecule has 362 valence electrons. The van der Waals surface area contributed by atoms with Crippen LogP contribution in [0.1, 0.15) is 5.56 Å². The Hall–Kier alpha value is -11.2. The molecule has 12 nitrogen and oxygen atoms in total. The lowest BCUT2D eigenvalue weighted by molar-refractivity contribution is 1.01. The van der Waals surface area contributed by atoms with Crippen LogP contribution < -0.4 is 0 Å². The van der Waals surface area contributed by atoms with E-state index in [-0.39, 0.29) is 0 Å². The zero-order valence-electron chi connectivity index (χ0n) is 41.3. The second-order valence-corrected chi connectivity index (χ2v) is 19.3. The predicted molar refractivity (Wildman–Crippen MR) is 309 cm³/mol. The molecule has 0 saturated heterocycles. The van der Waals surface area contributed by atoms with E-state index in [0.29, 0.717) is 51.3 Å². The van der Waals surface area contributed by atoms with Crippen molar-refractivity contribution in [1.29, 1.82) is 5.26 Å². The van der Waals surface area contributed by atoms with Crippen molar-refractivity contribution >= 4 is 87.2 Å². The Bertz CT molecular complexity index is 4910. The van der Waals surface area contributed by atoms with Crippen LogP contribution in [0.5, 0.6) is 0 Å². The Balaban J connectivity index is 1.27. The highest BCUT2D eigenvalue weighted by Crippen LogP contribution is 2.51. The van der Waals surface area contributed by atoms with Gasteiger partial charge in [-0.05, 0) is 48.5 Å². The van der Waals surface area contributed by atoms with E-state index in [4.69, 9.17) is 34.9 Å². The molecule has 9 aromatic heterocycles. The molecule has 0 aliphatic carbocycles. The summed E-state index contributed by atoms with van der Waals surface area (Å²) in [6.45, 7) is 0. The molecule has 0 saturated carbocycles. The van der Waals surface area contributed by atoms with E-state index in [1.54, 1.807) is 0 Å². The van der Waals surface area contributed by atoms with Crippen molar-refractivity contribution in [3.63, 3.8) is 0 Å². The number of benzene rings is 7. The quantitative estimate of drug-likeness (QED) is 0.154. The molecule has 0 bridgehead atoms. The minimum Gasteiger partial charge on any atom is -0.307 e. The van der Waals surface area contributed by atoms with Crippen molar-refractivity contribution < 1.29 is 0 Å². The Morgan fingerprint density at radius 3 is 0.974 bits per heavy atom. The Morgan fingerprint density at radius 1 is 0.282 bits per heavy atom. The van der Waals surface area contributed by atoms with Crippen molar-refractivity contribution in [2.24, 2.45) is 0 Å². The van der Waals surface area contributed by atoms with Gasteiger partial charge in [-0.1, -0.05) is 133 Å². The van der Waals surface area contributed by atoms with Gasteiger partial charge in [-0.3, -0.25) is 19.9 Å². The van der Waals surface area contributed by atoms with Gasteiger partial charge in [0.05, 0.1) is 72.4 Å². The fraction of sp³-hybridized carbons (Fsp3) is 0. The van der Waals surface area contributed by atoms with Crippen LogP contribution in [-0.2, 0) is 0 Å². The van der Waals surface area contributed by atoms with Gasteiger partial charge in [0, 0.05) is 104 Å². The summed E-state index contributed by atoms with van der Waals surface area (Å²) in [5.41, 5.74) is 12.2. The normalized spacial score (nSPS) is 11.8. The van der Waals surface area contributed by atoms with Gasteiger partial charge in [-0.15, -0.1) is 0 Å². The molecular formula is C66H38N12. The summed E-state index contributed by atoms with van der Waals surface area (Å²) >= 11 is 0. The van der Waals surface area contributed by atoms with Gasteiger partial charge in [0.2, 0.25) is 0 Å². The molecule has 7 aromatic carbocycles. The van der Waals surface area contributed by atoms with Gasteiger partial charge in [0.15, 0.2) is 17.5 Å². The third kappa shape index (κ3) is 6.18. The van der Waals surface area contributed by atoms with E-state index in [0.717, 1.165) is 98.4 Å². The van der Waals surface area contributed by atoms with E-state index in [9.17, 15) is 5.26 Å². The van der Waals surface area contributed by atoms with Crippen LogP contribution in [0, 0.1) is 11.3 Å². The summed E-state index contributed by atoms with van der Waals surface area (Å²) < 4.78 is 9.15. The molecule has 78 heavy (non-hydrogen) atoms. The molecule has 0 atom stereocenters. The predicted octanol–water partition coefficient (Wildman–Crippen LogP) is 14.7. The first-order valence-corrected chi connectivity index (χ1v) is 25.6. The highest BCUT2D eigenvalue weighted by Gasteiger charge is 2.36. The number of pyridine rings is 4. The average Bonchev–Trinajstić information content (AvgIpc) is 4.34. The monoisotopic (exact) mass is 998 g/mol. The first-order chi connectivity index (χ1) is 38.7. The lowest BCUT2D eigenvalue weighted by Crippen LogP contribution is -2.17. The highest BCUT2D eigenvalue weighted by molar-refractivity contribution is 6.16. The second-order valence-electron chi connectivity index (χ2n) is 19.3. The molecule has 16 aromatic rings. The molecule has 12 heteroatoms. The SMILES string of the molecule is N#Cc1c(-n2c3ccccc3c3cnccc32)c(-c2nc(-c3ccccc3)nc(-c3ccccc3)n2)c(-n2c3ccccc3c3cnccc32)c(-n2c3ccccc3c3cnccc32)c1-n1c2ccccc2c2cnccc21. The van der Waals surface area contributed by atoms with Crippen molar-refractivity contribution in [2.75, 3.05) is 0 Å². The van der Waals surface area contributed by atoms with Gasteiger partial charge >= 0.3 is 0 Å². The molecule has 0 unspecified atom stereocenters. The van der Waals surface area contributed by atoms with Crippen LogP contribution in [-0.4, -0.2) is 53.2 Å². The molecule has 0 radical (unpaired) electrons. The number of nitrogens with zero attached hydrogens (tertiary/aromatic N) is 12. The standard InChI is InChI=1S/C66H38N12/c67-35-46-60(75-51-23-11-7-19-42(51)47-36-68-31-27-55(47)75)59(66-73-64(40-15-3-1-4-16-40)72-65(74-66)41-17-5-2-6-18-41)62(77-53-25-13-9-21-44(53)49-38-70-33-29-57(49)77)63(78-54-26-14-10-22-45(54)50-39-71-34-30-58(50)78)61(46)76-52-24-12-8-20-43(52)48-37-69-32-28-56(48)76/h1-34,36-39H. The van der Waals surface area contributed by atoms with Crippen LogP contribution in [0.25, 0.3) is 144 Å². The molecule has 9 heterocycles. The Labute approximate surface area is 443 Å². The van der Waals surface area contributed by atoms with E-state index in [1.807, 2.05) is 135 Å². The van der Waals surface area contributed by atoms with Crippen molar-refractivity contribution in [2.45, 2.75) is 0 Å². The minimum atomic E-state index is 0.353. The van der Waals surface area contributed by atoms with Gasteiger partial charge in [0.25, 0.3) is 0 Å². The van der Waals surface area contributed by atoms with Gasteiger partial charge < -0.3 is 18.3 Å².